The number of fused-ring (bicyclic) bond motifs is 1. The monoisotopic (exact) mass is 236 g/mol. The van der Waals surface area contributed by atoms with Gasteiger partial charge in [0.25, 0.3) is 0 Å². The number of aromatic nitrogens is 2. The standard InChI is InChI=1S/C13H20N2O2/c1-2-3-7-12(13(16)17)15-9-14-10-6-4-5-8-11(10)15/h9,12H,2-8H2,1H3,(H,16,17). The number of nitrogens with zero attached hydrogens (tertiary/aromatic N) is 2. The molecule has 0 saturated carbocycles. The molecule has 0 aromatic carbocycles. The van der Waals surface area contributed by atoms with Crippen LogP contribution in [0.3, 0.4) is 0 Å². The second-order valence-corrected chi connectivity index (χ2v) is 4.75. The van der Waals surface area contributed by atoms with E-state index < -0.39 is 12.0 Å². The number of unbranched alkanes of at least 4 members (excludes halogenated alkanes) is 1. The van der Waals surface area contributed by atoms with Crippen molar-refractivity contribution in [2.45, 2.75) is 57.9 Å². The molecule has 1 aliphatic carbocycles. The van der Waals surface area contributed by atoms with Crippen LogP contribution in [0.5, 0.6) is 0 Å². The first-order chi connectivity index (χ1) is 8.24. The van der Waals surface area contributed by atoms with Crippen molar-refractivity contribution in [2.75, 3.05) is 0 Å². The van der Waals surface area contributed by atoms with E-state index in [-0.39, 0.29) is 0 Å². The Bertz CT molecular complexity index is 398. The number of aryl methyl sites for hydroxylation is 1. The van der Waals surface area contributed by atoms with Gasteiger partial charge in [-0.3, -0.25) is 0 Å². The number of hydrogen-bond acceptors (Lipinski definition) is 2. The molecule has 1 atom stereocenters. The van der Waals surface area contributed by atoms with Crippen LogP contribution in [0.2, 0.25) is 0 Å². The van der Waals surface area contributed by atoms with Crippen molar-refractivity contribution in [1.82, 2.24) is 9.55 Å². The van der Waals surface area contributed by atoms with Gasteiger partial charge in [-0.05, 0) is 32.1 Å². The average molecular weight is 236 g/mol. The molecule has 4 nitrogen and oxygen atoms in total. The first-order valence-electron chi connectivity index (χ1n) is 6.51. The minimum atomic E-state index is -0.732. The molecule has 0 fully saturated rings. The lowest BCUT2D eigenvalue weighted by atomic mass is 10.00. The third kappa shape index (κ3) is 2.51. The highest BCUT2D eigenvalue weighted by Gasteiger charge is 2.24. The van der Waals surface area contributed by atoms with E-state index in [0.29, 0.717) is 6.42 Å². The topological polar surface area (TPSA) is 55.1 Å². The lowest BCUT2D eigenvalue weighted by Gasteiger charge is -2.19. The van der Waals surface area contributed by atoms with Gasteiger partial charge in [-0.25, -0.2) is 9.78 Å². The first kappa shape index (κ1) is 12.1. The number of carbonyl (C=O) groups is 1. The molecule has 0 bridgehead atoms. The van der Waals surface area contributed by atoms with E-state index in [0.717, 1.165) is 43.5 Å². The molecule has 0 amide bonds. The highest BCUT2D eigenvalue weighted by Crippen LogP contribution is 2.25. The average Bonchev–Trinajstić information content (AvgIpc) is 2.73. The molecule has 1 heterocycles. The van der Waals surface area contributed by atoms with Crippen molar-refractivity contribution in [3.63, 3.8) is 0 Å². The Morgan fingerprint density at radius 1 is 1.53 bits per heavy atom. The van der Waals surface area contributed by atoms with Crippen LogP contribution in [0.4, 0.5) is 0 Å². The maximum Gasteiger partial charge on any atom is 0.326 e. The van der Waals surface area contributed by atoms with E-state index in [1.807, 2.05) is 4.57 Å². The van der Waals surface area contributed by atoms with E-state index in [1.54, 1.807) is 6.33 Å². The Kier molecular flexibility index (Phi) is 3.82. The summed E-state index contributed by atoms with van der Waals surface area (Å²) >= 11 is 0. The lowest BCUT2D eigenvalue weighted by Crippen LogP contribution is -2.21. The zero-order valence-electron chi connectivity index (χ0n) is 10.4. The van der Waals surface area contributed by atoms with E-state index >= 15 is 0 Å². The van der Waals surface area contributed by atoms with Crippen molar-refractivity contribution in [3.05, 3.63) is 17.7 Å². The summed E-state index contributed by atoms with van der Waals surface area (Å²) in [5.41, 5.74) is 2.26. The van der Waals surface area contributed by atoms with Crippen LogP contribution < -0.4 is 0 Å². The largest absolute Gasteiger partial charge is 0.480 e. The van der Waals surface area contributed by atoms with Gasteiger partial charge in [-0.15, -0.1) is 0 Å². The SMILES string of the molecule is CCCCC(C(=O)O)n1cnc2c1CCCC2. The van der Waals surface area contributed by atoms with Gasteiger partial charge in [-0.2, -0.15) is 0 Å². The van der Waals surface area contributed by atoms with Gasteiger partial charge >= 0.3 is 5.97 Å². The normalized spacial score (nSPS) is 16.5. The summed E-state index contributed by atoms with van der Waals surface area (Å²) in [5.74, 6) is -0.732. The van der Waals surface area contributed by atoms with Crippen LogP contribution in [0.1, 0.15) is 56.5 Å². The van der Waals surface area contributed by atoms with E-state index in [9.17, 15) is 9.90 Å². The fourth-order valence-corrected chi connectivity index (χ4v) is 2.54. The maximum absolute atomic E-state index is 11.3. The van der Waals surface area contributed by atoms with Gasteiger partial charge in [0.15, 0.2) is 0 Å². The molecule has 1 aromatic heterocycles. The predicted octanol–water partition coefficient (Wildman–Crippen LogP) is 2.58. The van der Waals surface area contributed by atoms with Gasteiger partial charge in [0, 0.05) is 5.69 Å². The van der Waals surface area contributed by atoms with Gasteiger partial charge < -0.3 is 9.67 Å². The second-order valence-electron chi connectivity index (χ2n) is 4.75. The third-order valence-corrected chi connectivity index (χ3v) is 3.51. The molecular weight excluding hydrogens is 216 g/mol. The molecule has 0 spiro atoms. The Hall–Kier alpha value is -1.32. The Morgan fingerprint density at radius 2 is 2.29 bits per heavy atom. The number of carboxylic acids is 1. The fourth-order valence-electron chi connectivity index (χ4n) is 2.54. The molecule has 17 heavy (non-hydrogen) atoms. The zero-order valence-corrected chi connectivity index (χ0v) is 10.4. The van der Waals surface area contributed by atoms with Crippen LogP contribution in [-0.2, 0) is 17.6 Å². The minimum Gasteiger partial charge on any atom is -0.480 e. The summed E-state index contributed by atoms with van der Waals surface area (Å²) in [6.45, 7) is 2.09. The summed E-state index contributed by atoms with van der Waals surface area (Å²) in [6, 6.07) is -0.427. The molecule has 0 saturated heterocycles. The van der Waals surface area contributed by atoms with E-state index in [2.05, 4.69) is 11.9 Å². The molecular formula is C13H20N2O2. The van der Waals surface area contributed by atoms with E-state index in [4.69, 9.17) is 0 Å². The number of aliphatic carboxylic acids is 1. The third-order valence-electron chi connectivity index (χ3n) is 3.51. The lowest BCUT2D eigenvalue weighted by molar-refractivity contribution is -0.141. The smallest absolute Gasteiger partial charge is 0.326 e. The van der Waals surface area contributed by atoms with E-state index in [1.165, 1.54) is 6.42 Å². The molecule has 0 aliphatic heterocycles. The van der Waals surface area contributed by atoms with Gasteiger partial charge in [-0.1, -0.05) is 19.8 Å². The summed E-state index contributed by atoms with van der Waals surface area (Å²) in [4.78, 5) is 15.7. The Labute approximate surface area is 102 Å². The van der Waals surface area contributed by atoms with Crippen molar-refractivity contribution in [2.24, 2.45) is 0 Å². The van der Waals surface area contributed by atoms with Crippen LogP contribution in [0.25, 0.3) is 0 Å². The fraction of sp³-hybridized carbons (Fsp3) is 0.692. The van der Waals surface area contributed by atoms with Crippen LogP contribution >= 0.6 is 0 Å². The van der Waals surface area contributed by atoms with Crippen LogP contribution in [0.15, 0.2) is 6.33 Å². The van der Waals surface area contributed by atoms with Crippen LogP contribution in [-0.4, -0.2) is 20.6 Å². The van der Waals surface area contributed by atoms with Gasteiger partial charge in [0.2, 0.25) is 0 Å². The highest BCUT2D eigenvalue weighted by molar-refractivity contribution is 5.72. The van der Waals surface area contributed by atoms with Crippen molar-refractivity contribution >= 4 is 5.97 Å². The highest BCUT2D eigenvalue weighted by atomic mass is 16.4. The van der Waals surface area contributed by atoms with Crippen LogP contribution in [0, 0.1) is 0 Å². The summed E-state index contributed by atoms with van der Waals surface area (Å²) in [6.07, 6.45) is 8.72. The molecule has 1 N–H and O–H groups in total. The molecule has 1 aliphatic rings. The minimum absolute atomic E-state index is 0.427. The van der Waals surface area contributed by atoms with Crippen molar-refractivity contribution in [1.29, 1.82) is 0 Å². The summed E-state index contributed by atoms with van der Waals surface area (Å²) in [5, 5.41) is 9.32. The molecule has 94 valence electrons. The maximum atomic E-state index is 11.3. The number of hydrogen-bond donors (Lipinski definition) is 1. The van der Waals surface area contributed by atoms with Gasteiger partial charge in [0.05, 0.1) is 12.0 Å². The summed E-state index contributed by atoms with van der Waals surface area (Å²) in [7, 11) is 0. The molecule has 0 radical (unpaired) electrons. The summed E-state index contributed by atoms with van der Waals surface area (Å²) < 4.78 is 1.90. The van der Waals surface area contributed by atoms with Gasteiger partial charge in [0.1, 0.15) is 6.04 Å². The number of carboxylic acid groups (broad SMARTS) is 1. The Morgan fingerprint density at radius 3 is 3.00 bits per heavy atom. The first-order valence-corrected chi connectivity index (χ1v) is 6.51. The number of rotatable bonds is 5. The van der Waals surface area contributed by atoms with Crippen molar-refractivity contribution in [3.8, 4) is 0 Å². The molecule has 1 unspecified atom stereocenters. The molecule has 2 rings (SSSR count). The van der Waals surface area contributed by atoms with Crippen molar-refractivity contribution < 1.29 is 9.90 Å². The number of imidazole rings is 1. The molecule has 4 heteroatoms. The molecule has 1 aromatic rings. The Balaban J connectivity index is 2.23. The zero-order chi connectivity index (χ0) is 12.3. The quantitative estimate of drug-likeness (QED) is 0.854. The second kappa shape index (κ2) is 5.34. The predicted molar refractivity (Wildman–Crippen MR) is 65.1 cm³/mol.